The fraction of sp³-hybridized carbons (Fsp3) is 0.364. The summed E-state index contributed by atoms with van der Waals surface area (Å²) in [6.45, 7) is 5.71. The molecule has 0 amide bonds. The third-order valence-corrected chi connectivity index (χ3v) is 5.06. The number of aromatic nitrogens is 2. The van der Waals surface area contributed by atoms with Crippen LogP contribution in [0.5, 0.6) is 6.01 Å². The van der Waals surface area contributed by atoms with Gasteiger partial charge in [-0.15, -0.1) is 0 Å². The van der Waals surface area contributed by atoms with Gasteiger partial charge in [0.05, 0.1) is 18.2 Å². The molecule has 1 aliphatic rings. The van der Waals surface area contributed by atoms with Crippen molar-refractivity contribution in [2.45, 2.75) is 13.0 Å². The van der Waals surface area contributed by atoms with Crippen molar-refractivity contribution in [3.8, 4) is 6.01 Å². The summed E-state index contributed by atoms with van der Waals surface area (Å²) in [5.41, 5.74) is 3.43. The molecule has 3 aromatic rings. The second-order valence-corrected chi connectivity index (χ2v) is 7.01. The fourth-order valence-corrected chi connectivity index (χ4v) is 3.58. The number of nitrogens with one attached hydrogen (secondary N) is 1. The van der Waals surface area contributed by atoms with Crippen LogP contribution in [-0.4, -0.2) is 49.9 Å². The molecule has 6 heteroatoms. The summed E-state index contributed by atoms with van der Waals surface area (Å²) in [6.07, 6.45) is 0. The first-order valence-electron chi connectivity index (χ1n) is 9.68. The number of rotatable bonds is 6. The largest absolute Gasteiger partial charge is 0.461 e. The van der Waals surface area contributed by atoms with Gasteiger partial charge < -0.3 is 19.7 Å². The van der Waals surface area contributed by atoms with Gasteiger partial charge in [-0.05, 0) is 24.6 Å². The first kappa shape index (κ1) is 18.7. The maximum atomic E-state index is 5.75. The summed E-state index contributed by atoms with van der Waals surface area (Å²) in [6, 6.07) is 17.5. The number of para-hydroxylation sites is 1. The molecule has 1 atom stereocenters. The number of aryl methyl sites for hydroxylation is 1. The van der Waals surface area contributed by atoms with Crippen molar-refractivity contribution in [3.05, 3.63) is 59.7 Å². The molecular formula is C22H26N4O2. The first-order chi connectivity index (χ1) is 13.8. The maximum absolute atomic E-state index is 5.75. The summed E-state index contributed by atoms with van der Waals surface area (Å²) in [5, 5.41) is 4.56. The number of piperazine rings is 1. The Balaban J connectivity index is 1.75. The second-order valence-electron chi connectivity index (χ2n) is 7.01. The van der Waals surface area contributed by atoms with Gasteiger partial charge in [0, 0.05) is 32.1 Å². The highest BCUT2D eigenvalue weighted by Gasteiger charge is 2.27. The number of hydrogen-bond donors (Lipinski definition) is 1. The molecule has 1 N–H and O–H groups in total. The highest BCUT2D eigenvalue weighted by atomic mass is 16.5. The van der Waals surface area contributed by atoms with Crippen molar-refractivity contribution in [2.24, 2.45) is 0 Å². The van der Waals surface area contributed by atoms with E-state index in [1.165, 1.54) is 11.1 Å². The van der Waals surface area contributed by atoms with Gasteiger partial charge in [-0.1, -0.05) is 42.0 Å². The topological polar surface area (TPSA) is 59.5 Å². The van der Waals surface area contributed by atoms with Crippen LogP contribution in [0.1, 0.15) is 17.2 Å². The molecule has 6 nitrogen and oxygen atoms in total. The monoisotopic (exact) mass is 378 g/mol. The average molecular weight is 378 g/mol. The lowest BCUT2D eigenvalue weighted by atomic mass is 10.0. The minimum atomic E-state index is 0.208. The minimum Gasteiger partial charge on any atom is -0.461 e. The van der Waals surface area contributed by atoms with E-state index < -0.39 is 0 Å². The highest BCUT2D eigenvalue weighted by molar-refractivity contribution is 5.90. The quantitative estimate of drug-likeness (QED) is 0.665. The Labute approximate surface area is 165 Å². The maximum Gasteiger partial charge on any atom is 0.319 e. The van der Waals surface area contributed by atoms with E-state index in [4.69, 9.17) is 14.5 Å². The predicted octanol–water partition coefficient (Wildman–Crippen LogP) is 3.11. The SMILES string of the molecule is COCCOc1nc(N2CCNCC2c2ccc(C)cc2)c2ccccc2n1. The van der Waals surface area contributed by atoms with E-state index in [2.05, 4.69) is 52.5 Å². The van der Waals surface area contributed by atoms with Gasteiger partial charge in [0.2, 0.25) is 0 Å². The Hall–Kier alpha value is -2.70. The molecule has 1 unspecified atom stereocenters. The molecule has 0 spiro atoms. The molecule has 1 aliphatic heterocycles. The molecule has 0 bridgehead atoms. The van der Waals surface area contributed by atoms with E-state index in [1.54, 1.807) is 7.11 Å². The summed E-state index contributed by atoms with van der Waals surface area (Å²) in [7, 11) is 1.66. The number of benzene rings is 2. The molecule has 146 valence electrons. The Morgan fingerprint density at radius 2 is 1.89 bits per heavy atom. The Kier molecular flexibility index (Phi) is 5.69. The van der Waals surface area contributed by atoms with Crippen LogP contribution in [0, 0.1) is 6.92 Å². The predicted molar refractivity (Wildman–Crippen MR) is 111 cm³/mol. The van der Waals surface area contributed by atoms with E-state index in [-0.39, 0.29) is 6.04 Å². The summed E-state index contributed by atoms with van der Waals surface area (Å²) < 4.78 is 10.8. The van der Waals surface area contributed by atoms with Gasteiger partial charge in [0.15, 0.2) is 0 Å². The van der Waals surface area contributed by atoms with Crippen LogP contribution in [0.2, 0.25) is 0 Å². The molecule has 2 heterocycles. The normalized spacial score (nSPS) is 17.1. The van der Waals surface area contributed by atoms with Gasteiger partial charge in [0.25, 0.3) is 0 Å². The van der Waals surface area contributed by atoms with Gasteiger partial charge in [-0.2, -0.15) is 9.97 Å². The molecule has 1 fully saturated rings. The van der Waals surface area contributed by atoms with Crippen molar-refractivity contribution in [1.82, 2.24) is 15.3 Å². The number of hydrogen-bond acceptors (Lipinski definition) is 6. The number of methoxy groups -OCH3 is 1. The van der Waals surface area contributed by atoms with Gasteiger partial charge in [-0.3, -0.25) is 0 Å². The molecule has 4 rings (SSSR count). The van der Waals surface area contributed by atoms with Crippen molar-refractivity contribution < 1.29 is 9.47 Å². The zero-order chi connectivity index (χ0) is 19.3. The van der Waals surface area contributed by atoms with Gasteiger partial charge in [0.1, 0.15) is 12.4 Å². The van der Waals surface area contributed by atoms with Crippen LogP contribution in [0.15, 0.2) is 48.5 Å². The van der Waals surface area contributed by atoms with Crippen LogP contribution >= 0.6 is 0 Å². The molecule has 1 aromatic heterocycles. The van der Waals surface area contributed by atoms with Crippen molar-refractivity contribution in [1.29, 1.82) is 0 Å². The van der Waals surface area contributed by atoms with Gasteiger partial charge in [-0.25, -0.2) is 0 Å². The van der Waals surface area contributed by atoms with E-state index >= 15 is 0 Å². The molecule has 0 radical (unpaired) electrons. The van der Waals surface area contributed by atoms with E-state index in [1.807, 2.05) is 18.2 Å². The lowest BCUT2D eigenvalue weighted by Crippen LogP contribution is -2.46. The van der Waals surface area contributed by atoms with E-state index in [9.17, 15) is 0 Å². The number of ether oxygens (including phenoxy) is 2. The standard InChI is InChI=1S/C22H26N4O2/c1-16-7-9-17(10-8-16)20-15-23-11-12-26(20)21-18-5-3-4-6-19(18)24-22(25-21)28-14-13-27-2/h3-10,20,23H,11-15H2,1-2H3. The Bertz CT molecular complexity index is 929. The number of nitrogens with zero attached hydrogens (tertiary/aromatic N) is 3. The van der Waals surface area contributed by atoms with E-state index in [0.717, 1.165) is 36.4 Å². The van der Waals surface area contributed by atoms with Crippen LogP contribution in [0.25, 0.3) is 10.9 Å². The number of anilines is 1. The fourth-order valence-electron chi connectivity index (χ4n) is 3.58. The molecular weight excluding hydrogens is 352 g/mol. The molecule has 1 saturated heterocycles. The second kappa shape index (κ2) is 8.54. The van der Waals surface area contributed by atoms with Crippen LogP contribution in [0.3, 0.4) is 0 Å². The first-order valence-corrected chi connectivity index (χ1v) is 9.68. The Morgan fingerprint density at radius 1 is 1.07 bits per heavy atom. The van der Waals surface area contributed by atoms with Crippen molar-refractivity contribution in [3.63, 3.8) is 0 Å². The van der Waals surface area contributed by atoms with Crippen molar-refractivity contribution in [2.75, 3.05) is 44.9 Å². The lowest BCUT2D eigenvalue weighted by molar-refractivity contribution is 0.141. The zero-order valence-corrected chi connectivity index (χ0v) is 16.4. The third-order valence-electron chi connectivity index (χ3n) is 5.06. The summed E-state index contributed by atoms with van der Waals surface area (Å²) in [4.78, 5) is 11.7. The molecule has 28 heavy (non-hydrogen) atoms. The van der Waals surface area contributed by atoms with Crippen LogP contribution in [0.4, 0.5) is 5.82 Å². The Morgan fingerprint density at radius 3 is 2.71 bits per heavy atom. The number of fused-ring (bicyclic) bond motifs is 1. The van der Waals surface area contributed by atoms with Crippen LogP contribution in [-0.2, 0) is 4.74 Å². The van der Waals surface area contributed by atoms with Crippen molar-refractivity contribution >= 4 is 16.7 Å². The third kappa shape index (κ3) is 3.93. The highest BCUT2D eigenvalue weighted by Crippen LogP contribution is 2.33. The van der Waals surface area contributed by atoms with E-state index in [0.29, 0.717) is 19.2 Å². The average Bonchev–Trinajstić information content (AvgIpc) is 2.74. The molecule has 0 aliphatic carbocycles. The minimum absolute atomic E-state index is 0.208. The van der Waals surface area contributed by atoms with Gasteiger partial charge >= 0.3 is 6.01 Å². The lowest BCUT2D eigenvalue weighted by Gasteiger charge is -2.38. The molecule has 0 saturated carbocycles. The van der Waals surface area contributed by atoms with Crippen LogP contribution < -0.4 is 15.0 Å². The smallest absolute Gasteiger partial charge is 0.319 e. The molecule has 2 aromatic carbocycles. The summed E-state index contributed by atoms with van der Waals surface area (Å²) >= 11 is 0. The zero-order valence-electron chi connectivity index (χ0n) is 16.4. The summed E-state index contributed by atoms with van der Waals surface area (Å²) in [5.74, 6) is 0.921.